The van der Waals surface area contributed by atoms with Gasteiger partial charge in [-0.05, 0) is 61.1 Å². The second-order valence-electron chi connectivity index (χ2n) is 10.8. The number of aromatic nitrogens is 3. The molecule has 214 valence electrons. The lowest BCUT2D eigenvalue weighted by atomic mass is 10.00. The lowest BCUT2D eigenvalue weighted by Gasteiger charge is -2.09. The Hall–Kier alpha value is -5.21. The molecule has 43 heavy (non-hydrogen) atoms. The van der Waals surface area contributed by atoms with E-state index >= 15 is 0 Å². The first-order chi connectivity index (χ1) is 20.9. The van der Waals surface area contributed by atoms with Gasteiger partial charge in [-0.1, -0.05) is 42.5 Å². The molecule has 3 heterocycles. The molecule has 2 aromatic carbocycles. The number of amides is 1. The summed E-state index contributed by atoms with van der Waals surface area (Å²) in [6.07, 6.45) is 12.6. The summed E-state index contributed by atoms with van der Waals surface area (Å²) in [6, 6.07) is 18.9. The number of rotatable bonds is 10. The second kappa shape index (κ2) is 12.3. The first-order valence-electron chi connectivity index (χ1n) is 14.1. The van der Waals surface area contributed by atoms with Crippen LogP contribution in [0.3, 0.4) is 0 Å². The summed E-state index contributed by atoms with van der Waals surface area (Å²) < 4.78 is 5.75. The van der Waals surface area contributed by atoms with E-state index in [1.807, 2.05) is 55.5 Å². The van der Waals surface area contributed by atoms with Crippen molar-refractivity contribution in [2.75, 3.05) is 26.0 Å². The minimum absolute atomic E-state index is 0.00239. The zero-order valence-corrected chi connectivity index (χ0v) is 24.1. The van der Waals surface area contributed by atoms with E-state index in [4.69, 9.17) is 14.4 Å². The number of hydrogen-bond donors (Lipinski definition) is 1. The number of hydrogen-bond acceptors (Lipinski definition) is 7. The average molecular weight is 570 g/mol. The number of Topliss-reactive ketones (excluding diaryl/α,β-unsaturated/α-hetero) is 1. The van der Waals surface area contributed by atoms with Crippen LogP contribution in [0, 0.1) is 0 Å². The number of allylic oxidation sites excluding steroid dienone is 1. The van der Waals surface area contributed by atoms with Crippen LogP contribution in [-0.4, -0.2) is 52.2 Å². The zero-order valence-electron chi connectivity index (χ0n) is 24.1. The molecule has 1 amide bonds. The Labute approximate surface area is 249 Å². The molecular formula is C35H31N5O3. The topological polar surface area (TPSA) is 101 Å². The van der Waals surface area contributed by atoms with Gasteiger partial charge in [0.05, 0.1) is 12.0 Å². The number of benzene rings is 2. The van der Waals surface area contributed by atoms with Crippen LogP contribution in [0.5, 0.6) is 0 Å². The standard InChI is InChI=1S/C35H31N5O3/c1-40(2)16-5-10-33(42)37-28-13-11-25(12-14-28)31(41)19-23-6-3-7-24(18-23)20-32-38-30-15-17-43-35(30)34(39-32)27-21-26-8-4-9-29(26)36-22-27/h3-8,10-15,17-18,21-22H,9,16,19-20H2,1-2H3,(H,37,42)/b10-5+. The number of fused-ring (bicyclic) bond motifs is 2. The van der Waals surface area contributed by atoms with E-state index in [1.165, 1.54) is 6.08 Å². The molecule has 0 saturated heterocycles. The number of likely N-dealkylation sites (N-methyl/N-ethyl adjacent to an activating group) is 1. The van der Waals surface area contributed by atoms with Gasteiger partial charge in [-0.25, -0.2) is 9.97 Å². The van der Waals surface area contributed by atoms with Crippen molar-refractivity contribution in [1.29, 1.82) is 0 Å². The third-order valence-electron chi connectivity index (χ3n) is 7.17. The predicted molar refractivity (Wildman–Crippen MR) is 168 cm³/mol. The van der Waals surface area contributed by atoms with Crippen LogP contribution < -0.4 is 5.32 Å². The molecule has 0 fully saturated rings. The van der Waals surface area contributed by atoms with Gasteiger partial charge < -0.3 is 14.6 Å². The number of ketones is 1. The van der Waals surface area contributed by atoms with Gasteiger partial charge in [0.15, 0.2) is 11.4 Å². The molecule has 0 atom stereocenters. The lowest BCUT2D eigenvalue weighted by Crippen LogP contribution is -2.13. The molecule has 5 aromatic rings. The van der Waals surface area contributed by atoms with E-state index in [0.717, 1.165) is 45.6 Å². The molecular weight excluding hydrogens is 538 g/mol. The van der Waals surface area contributed by atoms with E-state index in [2.05, 4.69) is 28.5 Å². The van der Waals surface area contributed by atoms with Crippen LogP contribution in [0.25, 0.3) is 28.4 Å². The van der Waals surface area contributed by atoms with E-state index in [1.54, 1.807) is 36.6 Å². The number of furan rings is 1. The Morgan fingerprint density at radius 3 is 2.70 bits per heavy atom. The predicted octanol–water partition coefficient (Wildman–Crippen LogP) is 5.93. The van der Waals surface area contributed by atoms with Gasteiger partial charge in [0.2, 0.25) is 5.91 Å². The molecule has 0 aliphatic heterocycles. The molecule has 0 radical (unpaired) electrons. The molecule has 6 rings (SSSR count). The quantitative estimate of drug-likeness (QED) is 0.164. The molecule has 0 unspecified atom stereocenters. The summed E-state index contributed by atoms with van der Waals surface area (Å²) in [4.78, 5) is 41.4. The maximum absolute atomic E-state index is 13.1. The van der Waals surface area contributed by atoms with Crippen molar-refractivity contribution in [3.05, 3.63) is 125 Å². The van der Waals surface area contributed by atoms with E-state index in [9.17, 15) is 9.59 Å². The van der Waals surface area contributed by atoms with Crippen LogP contribution in [0.15, 0.2) is 95.8 Å². The Morgan fingerprint density at radius 2 is 1.86 bits per heavy atom. The summed E-state index contributed by atoms with van der Waals surface area (Å²) in [7, 11) is 3.87. The van der Waals surface area contributed by atoms with Crippen LogP contribution in [0.1, 0.15) is 38.6 Å². The van der Waals surface area contributed by atoms with Crippen LogP contribution in [0.4, 0.5) is 5.69 Å². The fraction of sp³-hybridized carbons (Fsp3) is 0.171. The lowest BCUT2D eigenvalue weighted by molar-refractivity contribution is -0.111. The van der Waals surface area contributed by atoms with Crippen molar-refractivity contribution in [3.63, 3.8) is 0 Å². The number of nitrogens with one attached hydrogen (secondary N) is 1. The molecule has 1 aliphatic rings. The van der Waals surface area contributed by atoms with Gasteiger partial charge >= 0.3 is 0 Å². The molecule has 0 saturated carbocycles. The van der Waals surface area contributed by atoms with Crippen molar-refractivity contribution in [2.24, 2.45) is 0 Å². The van der Waals surface area contributed by atoms with Crippen molar-refractivity contribution in [1.82, 2.24) is 19.9 Å². The van der Waals surface area contributed by atoms with Gasteiger partial charge in [0, 0.05) is 61.0 Å². The maximum Gasteiger partial charge on any atom is 0.248 e. The summed E-state index contributed by atoms with van der Waals surface area (Å²) in [6.45, 7) is 0.681. The monoisotopic (exact) mass is 569 g/mol. The van der Waals surface area contributed by atoms with Crippen LogP contribution in [-0.2, 0) is 24.1 Å². The first-order valence-corrected chi connectivity index (χ1v) is 14.1. The van der Waals surface area contributed by atoms with Gasteiger partial charge in [0.25, 0.3) is 0 Å². The van der Waals surface area contributed by atoms with Crippen molar-refractivity contribution < 1.29 is 14.0 Å². The SMILES string of the molecule is CN(C)C/C=C/C(=O)Nc1ccc(C(=O)Cc2cccc(Cc3nc(-c4cnc5c(c4)C=CC5)c4occc4n3)c2)cc1. The number of nitrogens with zero attached hydrogens (tertiary/aromatic N) is 4. The molecule has 0 spiro atoms. The fourth-order valence-corrected chi connectivity index (χ4v) is 5.05. The number of anilines is 1. The minimum atomic E-state index is -0.207. The molecule has 8 nitrogen and oxygen atoms in total. The average Bonchev–Trinajstić information content (AvgIpc) is 3.66. The minimum Gasteiger partial charge on any atom is -0.460 e. The summed E-state index contributed by atoms with van der Waals surface area (Å²) in [5.74, 6) is 0.455. The summed E-state index contributed by atoms with van der Waals surface area (Å²) in [5, 5.41) is 2.82. The van der Waals surface area contributed by atoms with Gasteiger partial charge in [-0.2, -0.15) is 0 Å². The second-order valence-corrected chi connectivity index (χ2v) is 10.8. The Kier molecular flexibility index (Phi) is 8.02. The molecule has 8 heteroatoms. The highest BCUT2D eigenvalue weighted by atomic mass is 16.3. The Bertz CT molecular complexity index is 1870. The normalized spacial score (nSPS) is 12.3. The van der Waals surface area contributed by atoms with Crippen molar-refractivity contribution >= 4 is 34.6 Å². The highest BCUT2D eigenvalue weighted by molar-refractivity contribution is 6.01. The van der Waals surface area contributed by atoms with Crippen molar-refractivity contribution in [3.8, 4) is 11.3 Å². The largest absolute Gasteiger partial charge is 0.460 e. The van der Waals surface area contributed by atoms with E-state index in [-0.39, 0.29) is 18.1 Å². The number of pyridine rings is 1. The Balaban J connectivity index is 1.14. The molecule has 1 N–H and O–H groups in total. The first kappa shape index (κ1) is 27.9. The van der Waals surface area contributed by atoms with Crippen LogP contribution >= 0.6 is 0 Å². The summed E-state index contributed by atoms with van der Waals surface area (Å²) in [5.41, 5.74) is 8.29. The van der Waals surface area contributed by atoms with Crippen LogP contribution in [0.2, 0.25) is 0 Å². The highest BCUT2D eigenvalue weighted by Gasteiger charge is 2.16. The van der Waals surface area contributed by atoms with Crippen molar-refractivity contribution in [2.45, 2.75) is 19.3 Å². The molecule has 3 aromatic heterocycles. The highest BCUT2D eigenvalue weighted by Crippen LogP contribution is 2.30. The third-order valence-corrected chi connectivity index (χ3v) is 7.17. The van der Waals surface area contributed by atoms with Gasteiger partial charge in [-0.15, -0.1) is 0 Å². The van der Waals surface area contributed by atoms with Gasteiger partial charge in [-0.3, -0.25) is 14.6 Å². The molecule has 0 bridgehead atoms. The van der Waals surface area contributed by atoms with Gasteiger partial charge in [0.1, 0.15) is 17.0 Å². The Morgan fingerprint density at radius 1 is 1.02 bits per heavy atom. The number of carbonyl (C=O) groups is 2. The maximum atomic E-state index is 13.1. The zero-order chi connectivity index (χ0) is 29.8. The smallest absolute Gasteiger partial charge is 0.248 e. The van der Waals surface area contributed by atoms with E-state index < -0.39 is 0 Å². The van der Waals surface area contributed by atoms with E-state index in [0.29, 0.717) is 35.6 Å². The third kappa shape index (κ3) is 6.66. The molecule has 1 aliphatic carbocycles. The summed E-state index contributed by atoms with van der Waals surface area (Å²) >= 11 is 0. The fourth-order valence-electron chi connectivity index (χ4n) is 5.05. The number of carbonyl (C=O) groups excluding carboxylic acids is 2.